The maximum Gasteiger partial charge on any atom is 0.328 e. The van der Waals surface area contributed by atoms with Crippen LogP contribution in [0.15, 0.2) is 0 Å². The van der Waals surface area contributed by atoms with Crippen molar-refractivity contribution in [1.29, 1.82) is 0 Å². The summed E-state index contributed by atoms with van der Waals surface area (Å²) in [7, 11) is 1.31. The lowest BCUT2D eigenvalue weighted by Crippen LogP contribution is -2.50. The molecule has 0 aromatic carbocycles. The SMILES string of the molecule is COC(=O)[C@@H](NC(=O)C(C)(C)Br)C(C)C. The summed E-state index contributed by atoms with van der Waals surface area (Å²) in [6.45, 7) is 7.14. The predicted molar refractivity (Wildman–Crippen MR) is 61.8 cm³/mol. The first-order valence-electron chi connectivity index (χ1n) is 4.77. The molecule has 0 fully saturated rings. The van der Waals surface area contributed by atoms with Crippen LogP contribution in [-0.2, 0) is 14.3 Å². The minimum absolute atomic E-state index is 0.00347. The van der Waals surface area contributed by atoms with E-state index in [9.17, 15) is 9.59 Å². The Hall–Kier alpha value is -0.580. The summed E-state index contributed by atoms with van der Waals surface area (Å²) in [5.74, 6) is -0.655. The Morgan fingerprint density at radius 2 is 1.80 bits per heavy atom. The maximum atomic E-state index is 11.6. The van der Waals surface area contributed by atoms with Crippen molar-refractivity contribution in [3.8, 4) is 0 Å². The summed E-state index contributed by atoms with van der Waals surface area (Å²) in [5.41, 5.74) is 0. The van der Waals surface area contributed by atoms with Crippen LogP contribution in [0.4, 0.5) is 0 Å². The summed E-state index contributed by atoms with van der Waals surface area (Å²) in [4.78, 5) is 23.0. The Kier molecular flexibility index (Phi) is 5.28. The number of nitrogens with one attached hydrogen (secondary N) is 1. The Balaban J connectivity index is 4.57. The van der Waals surface area contributed by atoms with Gasteiger partial charge in [-0.2, -0.15) is 0 Å². The van der Waals surface area contributed by atoms with E-state index < -0.39 is 16.3 Å². The number of carbonyl (C=O) groups is 2. The third-order valence-electron chi connectivity index (χ3n) is 1.95. The molecule has 0 bridgehead atoms. The zero-order chi connectivity index (χ0) is 12.2. The first-order valence-corrected chi connectivity index (χ1v) is 5.57. The van der Waals surface area contributed by atoms with Gasteiger partial charge in [0.25, 0.3) is 0 Å². The van der Waals surface area contributed by atoms with Gasteiger partial charge in [0.2, 0.25) is 5.91 Å². The number of carbonyl (C=O) groups excluding carboxylic acids is 2. The van der Waals surface area contributed by atoms with E-state index in [0.29, 0.717) is 0 Å². The van der Waals surface area contributed by atoms with E-state index in [2.05, 4.69) is 26.0 Å². The number of hydrogen-bond acceptors (Lipinski definition) is 3. The average molecular weight is 280 g/mol. The van der Waals surface area contributed by atoms with Crippen molar-refractivity contribution in [2.24, 2.45) is 5.92 Å². The van der Waals surface area contributed by atoms with Gasteiger partial charge in [0, 0.05) is 0 Å². The molecule has 1 N–H and O–H groups in total. The fourth-order valence-corrected chi connectivity index (χ4v) is 1.05. The number of alkyl halides is 1. The molecule has 0 saturated heterocycles. The van der Waals surface area contributed by atoms with Gasteiger partial charge in [-0.05, 0) is 19.8 Å². The Morgan fingerprint density at radius 1 is 1.33 bits per heavy atom. The zero-order valence-corrected chi connectivity index (χ0v) is 11.3. The van der Waals surface area contributed by atoms with Gasteiger partial charge >= 0.3 is 5.97 Å². The molecule has 0 aliphatic rings. The van der Waals surface area contributed by atoms with E-state index in [4.69, 9.17) is 0 Å². The van der Waals surface area contributed by atoms with Crippen LogP contribution in [0, 0.1) is 5.92 Å². The van der Waals surface area contributed by atoms with Crippen molar-refractivity contribution in [2.45, 2.75) is 38.1 Å². The minimum atomic E-state index is -0.686. The lowest BCUT2D eigenvalue weighted by atomic mass is 10.0. The molecule has 1 amide bonds. The first kappa shape index (κ1) is 14.4. The number of methoxy groups -OCH3 is 1. The van der Waals surface area contributed by atoms with Crippen molar-refractivity contribution in [3.05, 3.63) is 0 Å². The Morgan fingerprint density at radius 3 is 2.07 bits per heavy atom. The highest BCUT2D eigenvalue weighted by Crippen LogP contribution is 2.16. The number of amides is 1. The molecule has 0 unspecified atom stereocenters. The fraction of sp³-hybridized carbons (Fsp3) is 0.800. The normalized spacial score (nSPS) is 13.5. The highest BCUT2D eigenvalue weighted by Gasteiger charge is 2.30. The van der Waals surface area contributed by atoms with E-state index in [-0.39, 0.29) is 11.8 Å². The minimum Gasteiger partial charge on any atom is -0.467 e. The summed E-state index contributed by atoms with van der Waals surface area (Å²) >= 11 is 3.23. The average Bonchev–Trinajstić information content (AvgIpc) is 2.10. The van der Waals surface area contributed by atoms with Gasteiger partial charge in [0.15, 0.2) is 0 Å². The van der Waals surface area contributed by atoms with Gasteiger partial charge < -0.3 is 10.1 Å². The van der Waals surface area contributed by atoms with Crippen LogP contribution >= 0.6 is 15.9 Å². The topological polar surface area (TPSA) is 55.4 Å². The molecule has 0 aliphatic heterocycles. The van der Waals surface area contributed by atoms with E-state index >= 15 is 0 Å². The summed E-state index contributed by atoms with van der Waals surface area (Å²) in [6, 6.07) is -0.598. The molecular formula is C10H18BrNO3. The van der Waals surface area contributed by atoms with Crippen molar-refractivity contribution < 1.29 is 14.3 Å². The summed E-state index contributed by atoms with van der Waals surface area (Å²) < 4.78 is 3.93. The van der Waals surface area contributed by atoms with Crippen molar-refractivity contribution in [3.63, 3.8) is 0 Å². The maximum absolute atomic E-state index is 11.6. The van der Waals surface area contributed by atoms with Crippen LogP contribution in [0.3, 0.4) is 0 Å². The highest BCUT2D eigenvalue weighted by molar-refractivity contribution is 9.10. The van der Waals surface area contributed by atoms with E-state index in [0.717, 1.165) is 0 Å². The molecule has 4 nitrogen and oxygen atoms in total. The molecule has 0 heterocycles. The van der Waals surface area contributed by atoms with Crippen LogP contribution < -0.4 is 5.32 Å². The van der Waals surface area contributed by atoms with Gasteiger partial charge in [-0.15, -0.1) is 0 Å². The van der Waals surface area contributed by atoms with Gasteiger partial charge in [-0.25, -0.2) is 4.79 Å². The molecule has 0 aromatic rings. The van der Waals surface area contributed by atoms with Gasteiger partial charge in [-0.1, -0.05) is 29.8 Å². The molecule has 88 valence electrons. The molecule has 0 aromatic heterocycles. The summed E-state index contributed by atoms with van der Waals surface area (Å²) in [6.07, 6.45) is 0. The standard InChI is InChI=1S/C10H18BrNO3/c1-6(2)7(8(13)15-5)12-9(14)10(3,4)11/h6-7H,1-5H3,(H,12,14)/t7-/m0/s1. The molecule has 0 rings (SSSR count). The van der Waals surface area contributed by atoms with Gasteiger partial charge in [0.05, 0.1) is 11.4 Å². The van der Waals surface area contributed by atoms with Crippen LogP contribution in [0.25, 0.3) is 0 Å². The van der Waals surface area contributed by atoms with Gasteiger partial charge in [0.1, 0.15) is 6.04 Å². The third-order valence-corrected chi connectivity index (χ3v) is 2.31. The fourth-order valence-electron chi connectivity index (χ4n) is 0.938. The van der Waals surface area contributed by atoms with Crippen LogP contribution in [0.2, 0.25) is 0 Å². The first-order chi connectivity index (χ1) is 6.70. The number of hydrogen-bond donors (Lipinski definition) is 1. The van der Waals surface area contributed by atoms with E-state index in [1.165, 1.54) is 7.11 Å². The Labute approximate surface area is 98.9 Å². The number of esters is 1. The second kappa shape index (κ2) is 5.49. The van der Waals surface area contributed by atoms with E-state index in [1.807, 2.05) is 13.8 Å². The number of halogens is 1. The zero-order valence-electron chi connectivity index (χ0n) is 9.76. The molecular weight excluding hydrogens is 262 g/mol. The molecule has 0 saturated carbocycles. The predicted octanol–water partition coefficient (Wildman–Crippen LogP) is 1.47. The lowest BCUT2D eigenvalue weighted by molar-refractivity contribution is -0.146. The van der Waals surface area contributed by atoms with Crippen LogP contribution in [0.5, 0.6) is 0 Å². The largest absolute Gasteiger partial charge is 0.467 e. The van der Waals surface area contributed by atoms with Crippen molar-refractivity contribution in [2.75, 3.05) is 7.11 Å². The molecule has 0 aliphatic carbocycles. The highest BCUT2D eigenvalue weighted by atomic mass is 79.9. The molecule has 5 heteroatoms. The van der Waals surface area contributed by atoms with Crippen LogP contribution in [0.1, 0.15) is 27.7 Å². The monoisotopic (exact) mass is 279 g/mol. The lowest BCUT2D eigenvalue weighted by Gasteiger charge is -2.23. The second-order valence-corrected chi connectivity index (χ2v) is 6.17. The number of rotatable bonds is 4. The smallest absolute Gasteiger partial charge is 0.328 e. The Bertz CT molecular complexity index is 246. The molecule has 0 spiro atoms. The number of ether oxygens (including phenoxy) is 1. The van der Waals surface area contributed by atoms with E-state index in [1.54, 1.807) is 13.8 Å². The third kappa shape index (κ3) is 4.64. The van der Waals surface area contributed by atoms with Crippen molar-refractivity contribution >= 4 is 27.8 Å². The van der Waals surface area contributed by atoms with Gasteiger partial charge in [-0.3, -0.25) is 4.79 Å². The summed E-state index contributed by atoms with van der Waals surface area (Å²) in [5, 5.41) is 2.65. The molecule has 0 radical (unpaired) electrons. The van der Waals surface area contributed by atoms with Crippen LogP contribution in [-0.4, -0.2) is 29.4 Å². The molecule has 15 heavy (non-hydrogen) atoms. The van der Waals surface area contributed by atoms with Crippen molar-refractivity contribution in [1.82, 2.24) is 5.32 Å². The molecule has 1 atom stereocenters. The second-order valence-electron chi connectivity index (χ2n) is 4.19. The quantitative estimate of drug-likeness (QED) is 0.626.